The van der Waals surface area contributed by atoms with E-state index in [1.807, 2.05) is 6.92 Å². The average molecular weight is 168 g/mol. The fraction of sp³-hybridized carbons (Fsp3) is 0.800. The lowest BCUT2D eigenvalue weighted by atomic mass is 9.77. The van der Waals surface area contributed by atoms with E-state index in [1.165, 1.54) is 6.21 Å². The first-order valence-corrected chi connectivity index (χ1v) is 4.66. The van der Waals surface area contributed by atoms with E-state index in [-0.39, 0.29) is 5.41 Å². The van der Waals surface area contributed by atoms with E-state index in [1.54, 1.807) is 6.21 Å². The molecule has 70 valence electrons. The van der Waals surface area contributed by atoms with Gasteiger partial charge in [-0.25, -0.2) is 0 Å². The van der Waals surface area contributed by atoms with Gasteiger partial charge in [-0.15, -0.1) is 0 Å². The third-order valence-corrected chi connectivity index (χ3v) is 2.73. The summed E-state index contributed by atoms with van der Waals surface area (Å²) in [4.78, 5) is 0. The summed E-state index contributed by atoms with van der Waals surface area (Å²) in [5.41, 5.74) is 0.0387. The molecule has 0 saturated carbocycles. The molecule has 0 spiro atoms. The summed E-state index contributed by atoms with van der Waals surface area (Å²) in [7, 11) is 0. The van der Waals surface area contributed by atoms with E-state index in [9.17, 15) is 0 Å². The van der Waals surface area contributed by atoms with E-state index < -0.39 is 0 Å². The number of hydrogen-bond acceptors (Lipinski definition) is 2. The van der Waals surface area contributed by atoms with Crippen LogP contribution in [-0.4, -0.2) is 12.4 Å². The Bertz CT molecular complexity index is 148. The van der Waals surface area contributed by atoms with Gasteiger partial charge in [0.15, 0.2) is 0 Å². The molecule has 0 heterocycles. The van der Waals surface area contributed by atoms with Crippen LogP contribution in [0.2, 0.25) is 0 Å². The maximum atomic E-state index is 7.38. The van der Waals surface area contributed by atoms with Crippen molar-refractivity contribution in [2.24, 2.45) is 11.3 Å². The molecule has 0 radical (unpaired) electrons. The molecule has 0 aliphatic heterocycles. The van der Waals surface area contributed by atoms with Crippen LogP contribution in [0.3, 0.4) is 0 Å². The second-order valence-electron chi connectivity index (χ2n) is 3.56. The van der Waals surface area contributed by atoms with Crippen molar-refractivity contribution >= 4 is 12.4 Å². The fourth-order valence-corrected chi connectivity index (χ4v) is 1.50. The number of nitrogens with one attached hydrogen (secondary N) is 2. The summed E-state index contributed by atoms with van der Waals surface area (Å²) in [5, 5.41) is 14.5. The molecular weight excluding hydrogens is 148 g/mol. The largest absolute Gasteiger partial charge is 0.313 e. The third-order valence-electron chi connectivity index (χ3n) is 2.73. The lowest BCUT2D eigenvalue weighted by Gasteiger charge is -2.28. The predicted octanol–water partition coefficient (Wildman–Crippen LogP) is 3.12. The summed E-state index contributed by atoms with van der Waals surface area (Å²) < 4.78 is 0. The summed E-state index contributed by atoms with van der Waals surface area (Å²) in [5.74, 6) is 0.298. The number of rotatable bonds is 6. The molecule has 1 atom stereocenters. The molecule has 0 fully saturated rings. The smallest absolute Gasteiger partial charge is 0.00504 e. The fourth-order valence-electron chi connectivity index (χ4n) is 1.50. The molecule has 0 amide bonds. The quantitative estimate of drug-likeness (QED) is 0.572. The summed E-state index contributed by atoms with van der Waals surface area (Å²) in [6.07, 6.45) is 5.99. The van der Waals surface area contributed by atoms with Gasteiger partial charge in [0.2, 0.25) is 0 Å². The zero-order valence-corrected chi connectivity index (χ0v) is 8.35. The molecule has 1 unspecified atom stereocenters. The van der Waals surface area contributed by atoms with Crippen molar-refractivity contribution in [3.8, 4) is 0 Å². The molecule has 0 saturated heterocycles. The lowest BCUT2D eigenvalue weighted by molar-refractivity contribution is 0.339. The van der Waals surface area contributed by atoms with Crippen molar-refractivity contribution in [3.05, 3.63) is 0 Å². The van der Waals surface area contributed by atoms with E-state index in [0.29, 0.717) is 5.92 Å². The Kier molecular flexibility index (Phi) is 4.79. The highest BCUT2D eigenvalue weighted by Gasteiger charge is 2.24. The highest BCUT2D eigenvalue weighted by molar-refractivity contribution is 5.64. The van der Waals surface area contributed by atoms with Crippen molar-refractivity contribution in [1.29, 1.82) is 10.8 Å². The average Bonchev–Trinajstić information content (AvgIpc) is 2.14. The van der Waals surface area contributed by atoms with E-state index in [2.05, 4.69) is 13.8 Å². The van der Waals surface area contributed by atoms with Crippen molar-refractivity contribution < 1.29 is 0 Å². The Morgan fingerprint density at radius 2 is 1.75 bits per heavy atom. The summed E-state index contributed by atoms with van der Waals surface area (Å²) in [6.45, 7) is 6.27. The maximum absolute atomic E-state index is 7.38. The molecule has 2 nitrogen and oxygen atoms in total. The van der Waals surface area contributed by atoms with Crippen LogP contribution in [0.1, 0.15) is 40.0 Å². The van der Waals surface area contributed by atoms with Crippen molar-refractivity contribution in [1.82, 2.24) is 0 Å². The normalized spacial score (nSPS) is 13.9. The zero-order chi connectivity index (χ0) is 9.61. The second-order valence-corrected chi connectivity index (χ2v) is 3.56. The zero-order valence-electron chi connectivity index (χ0n) is 8.35. The summed E-state index contributed by atoms with van der Waals surface area (Å²) >= 11 is 0. The topological polar surface area (TPSA) is 47.7 Å². The minimum atomic E-state index is 0.0387. The van der Waals surface area contributed by atoms with Gasteiger partial charge in [0.05, 0.1) is 0 Å². The van der Waals surface area contributed by atoms with Crippen molar-refractivity contribution in [3.63, 3.8) is 0 Å². The van der Waals surface area contributed by atoms with E-state index in [4.69, 9.17) is 10.8 Å². The van der Waals surface area contributed by atoms with Gasteiger partial charge in [0, 0.05) is 11.6 Å². The molecule has 0 aromatic carbocycles. The molecule has 0 aromatic rings. The Morgan fingerprint density at radius 3 is 2.00 bits per heavy atom. The monoisotopic (exact) mass is 168 g/mol. The highest BCUT2D eigenvalue weighted by atomic mass is 14.4. The van der Waals surface area contributed by atoms with Crippen LogP contribution in [0.4, 0.5) is 0 Å². The first kappa shape index (κ1) is 11.3. The van der Waals surface area contributed by atoms with Gasteiger partial charge in [-0.05, 0) is 31.4 Å². The van der Waals surface area contributed by atoms with Gasteiger partial charge < -0.3 is 10.8 Å². The molecule has 0 aromatic heterocycles. The van der Waals surface area contributed by atoms with Crippen LogP contribution in [0.5, 0.6) is 0 Å². The third kappa shape index (κ3) is 2.76. The predicted molar refractivity (Wildman–Crippen MR) is 54.4 cm³/mol. The van der Waals surface area contributed by atoms with Crippen LogP contribution in [-0.2, 0) is 0 Å². The molecule has 0 aliphatic rings. The molecular formula is C10H20N2. The Hall–Kier alpha value is -0.660. The molecule has 2 N–H and O–H groups in total. The van der Waals surface area contributed by atoms with Crippen molar-refractivity contribution in [2.45, 2.75) is 40.0 Å². The van der Waals surface area contributed by atoms with Gasteiger partial charge >= 0.3 is 0 Å². The standard InChI is InChI=1S/C10H20N2/c1-4-10(5-2,8-12)6-9(3)7-11/h7-9,11-12H,4-6H2,1-3H3. The molecule has 0 aliphatic carbocycles. The minimum Gasteiger partial charge on any atom is -0.313 e. The SMILES string of the molecule is CCC(C=N)(CC)CC(C)C=N. The van der Waals surface area contributed by atoms with Crippen LogP contribution in [0.15, 0.2) is 0 Å². The van der Waals surface area contributed by atoms with Gasteiger partial charge in [0.1, 0.15) is 0 Å². The van der Waals surface area contributed by atoms with Crippen molar-refractivity contribution in [2.75, 3.05) is 0 Å². The van der Waals surface area contributed by atoms with Crippen LogP contribution >= 0.6 is 0 Å². The molecule has 12 heavy (non-hydrogen) atoms. The second kappa shape index (κ2) is 5.07. The van der Waals surface area contributed by atoms with E-state index in [0.717, 1.165) is 19.3 Å². The van der Waals surface area contributed by atoms with Crippen LogP contribution in [0, 0.1) is 22.2 Å². The van der Waals surface area contributed by atoms with Crippen LogP contribution in [0.25, 0.3) is 0 Å². The maximum Gasteiger partial charge on any atom is 0.00504 e. The minimum absolute atomic E-state index is 0.0387. The van der Waals surface area contributed by atoms with Gasteiger partial charge in [-0.2, -0.15) is 0 Å². The Balaban J connectivity index is 4.28. The van der Waals surface area contributed by atoms with Gasteiger partial charge in [0.25, 0.3) is 0 Å². The van der Waals surface area contributed by atoms with Gasteiger partial charge in [-0.1, -0.05) is 20.8 Å². The Morgan fingerprint density at radius 1 is 1.25 bits per heavy atom. The molecule has 2 heteroatoms. The van der Waals surface area contributed by atoms with E-state index >= 15 is 0 Å². The molecule has 0 bridgehead atoms. The number of hydrogen-bond donors (Lipinski definition) is 2. The first-order chi connectivity index (χ1) is 5.64. The van der Waals surface area contributed by atoms with Crippen LogP contribution < -0.4 is 0 Å². The molecule has 0 rings (SSSR count). The first-order valence-electron chi connectivity index (χ1n) is 4.66. The van der Waals surface area contributed by atoms with Gasteiger partial charge in [-0.3, -0.25) is 0 Å². The Labute approximate surface area is 75.4 Å². The lowest BCUT2D eigenvalue weighted by Crippen LogP contribution is -2.23. The highest BCUT2D eigenvalue weighted by Crippen LogP contribution is 2.30. The summed E-state index contributed by atoms with van der Waals surface area (Å²) in [6, 6.07) is 0.